The molecule has 24 heavy (non-hydrogen) atoms. The Morgan fingerprint density at radius 2 is 1.88 bits per heavy atom. The summed E-state index contributed by atoms with van der Waals surface area (Å²) in [6.45, 7) is 3.95. The van der Waals surface area contributed by atoms with E-state index in [1.165, 1.54) is 24.3 Å². The molecule has 130 valence electrons. The lowest BCUT2D eigenvalue weighted by Crippen LogP contribution is -2.39. The molecule has 1 aromatic heterocycles. The summed E-state index contributed by atoms with van der Waals surface area (Å²) >= 11 is 0. The lowest BCUT2D eigenvalue weighted by atomic mass is 9.98. The summed E-state index contributed by atoms with van der Waals surface area (Å²) in [4.78, 5) is 4.22. The van der Waals surface area contributed by atoms with E-state index in [2.05, 4.69) is 9.55 Å². The summed E-state index contributed by atoms with van der Waals surface area (Å²) in [5.41, 5.74) is 0.618. The summed E-state index contributed by atoms with van der Waals surface area (Å²) in [5.74, 6) is 1.03. The van der Waals surface area contributed by atoms with Crippen molar-refractivity contribution in [1.82, 2.24) is 13.9 Å². The highest BCUT2D eigenvalue weighted by Gasteiger charge is 2.28. The summed E-state index contributed by atoms with van der Waals surface area (Å²) in [5, 5.41) is 0. The van der Waals surface area contributed by atoms with Gasteiger partial charge in [0, 0.05) is 32.0 Å². The van der Waals surface area contributed by atoms with Crippen LogP contribution in [0.5, 0.6) is 0 Å². The van der Waals surface area contributed by atoms with Gasteiger partial charge in [0.15, 0.2) is 0 Å². The second-order valence-corrected chi connectivity index (χ2v) is 8.32. The first-order valence-electron chi connectivity index (χ1n) is 8.14. The lowest BCUT2D eigenvalue weighted by Gasteiger charge is -2.31. The second kappa shape index (κ2) is 7.03. The van der Waals surface area contributed by atoms with Crippen LogP contribution in [-0.4, -0.2) is 35.4 Å². The van der Waals surface area contributed by atoms with Gasteiger partial charge in [-0.3, -0.25) is 0 Å². The summed E-state index contributed by atoms with van der Waals surface area (Å²) in [6, 6.07) is 5.65. The quantitative estimate of drug-likeness (QED) is 0.832. The van der Waals surface area contributed by atoms with Gasteiger partial charge >= 0.3 is 0 Å². The molecule has 5 nitrogen and oxygen atoms in total. The minimum Gasteiger partial charge on any atom is -0.335 e. The van der Waals surface area contributed by atoms with Crippen LogP contribution in [0.4, 0.5) is 4.39 Å². The first-order valence-corrected chi connectivity index (χ1v) is 9.75. The van der Waals surface area contributed by atoms with Crippen LogP contribution in [-0.2, 0) is 22.3 Å². The average Bonchev–Trinajstić information content (AvgIpc) is 2.95. The van der Waals surface area contributed by atoms with Crippen molar-refractivity contribution in [3.63, 3.8) is 0 Å². The molecule has 1 aliphatic rings. The van der Waals surface area contributed by atoms with E-state index in [1.807, 2.05) is 13.1 Å². The number of hydrogen-bond donors (Lipinski definition) is 0. The van der Waals surface area contributed by atoms with Crippen LogP contribution in [0.3, 0.4) is 0 Å². The molecular formula is C17H22FN3O2S. The SMILES string of the molecule is Cc1nccn1CC1CCN(S(=O)(=O)Cc2ccc(F)cc2)CC1. The largest absolute Gasteiger partial charge is 0.335 e. The van der Waals surface area contributed by atoms with E-state index < -0.39 is 10.0 Å². The molecule has 0 saturated carbocycles. The molecule has 1 fully saturated rings. The summed E-state index contributed by atoms with van der Waals surface area (Å²) in [6.07, 6.45) is 5.45. The maximum atomic E-state index is 12.9. The van der Waals surface area contributed by atoms with E-state index >= 15 is 0 Å². The predicted molar refractivity (Wildman–Crippen MR) is 90.3 cm³/mol. The second-order valence-electron chi connectivity index (χ2n) is 6.35. The highest BCUT2D eigenvalue weighted by atomic mass is 32.2. The first kappa shape index (κ1) is 17.1. The van der Waals surface area contributed by atoms with Crippen molar-refractivity contribution in [2.24, 2.45) is 5.92 Å². The van der Waals surface area contributed by atoms with Crippen LogP contribution in [0.2, 0.25) is 0 Å². The Hall–Kier alpha value is -1.73. The number of aromatic nitrogens is 2. The zero-order valence-electron chi connectivity index (χ0n) is 13.7. The maximum absolute atomic E-state index is 12.9. The molecule has 1 aliphatic heterocycles. The fourth-order valence-electron chi connectivity index (χ4n) is 3.13. The molecule has 2 heterocycles. The number of piperidine rings is 1. The molecule has 0 radical (unpaired) electrons. The maximum Gasteiger partial charge on any atom is 0.218 e. The Morgan fingerprint density at radius 3 is 2.46 bits per heavy atom. The van der Waals surface area contributed by atoms with Gasteiger partial charge in [0.2, 0.25) is 10.0 Å². The van der Waals surface area contributed by atoms with Gasteiger partial charge in [0.05, 0.1) is 5.75 Å². The molecule has 0 atom stereocenters. The number of rotatable bonds is 5. The molecular weight excluding hydrogens is 329 g/mol. The number of aryl methyl sites for hydroxylation is 1. The number of hydrogen-bond acceptors (Lipinski definition) is 3. The van der Waals surface area contributed by atoms with Crippen LogP contribution in [0.15, 0.2) is 36.7 Å². The van der Waals surface area contributed by atoms with Gasteiger partial charge in [-0.15, -0.1) is 0 Å². The summed E-state index contributed by atoms with van der Waals surface area (Å²) < 4.78 is 41.7. The van der Waals surface area contributed by atoms with Crippen molar-refractivity contribution >= 4 is 10.0 Å². The third-order valence-corrected chi connectivity index (χ3v) is 6.46. The van der Waals surface area contributed by atoms with Crippen LogP contribution in [0, 0.1) is 18.7 Å². The number of imidazole rings is 1. The van der Waals surface area contributed by atoms with Crippen molar-refractivity contribution in [3.05, 3.63) is 53.9 Å². The van der Waals surface area contributed by atoms with Crippen molar-refractivity contribution in [3.8, 4) is 0 Å². The average molecular weight is 351 g/mol. The molecule has 3 rings (SSSR count). The topological polar surface area (TPSA) is 55.2 Å². The van der Waals surface area contributed by atoms with Crippen molar-refractivity contribution in [1.29, 1.82) is 0 Å². The van der Waals surface area contributed by atoms with Gasteiger partial charge in [-0.2, -0.15) is 0 Å². The Kier molecular flexibility index (Phi) is 5.01. The van der Waals surface area contributed by atoms with Crippen molar-refractivity contribution in [2.75, 3.05) is 13.1 Å². The monoisotopic (exact) mass is 351 g/mol. The molecule has 0 N–H and O–H groups in total. The highest BCUT2D eigenvalue weighted by Crippen LogP contribution is 2.23. The fourth-order valence-corrected chi connectivity index (χ4v) is 4.69. The van der Waals surface area contributed by atoms with E-state index in [-0.39, 0.29) is 11.6 Å². The first-order chi connectivity index (χ1) is 11.4. The number of sulfonamides is 1. The third kappa shape index (κ3) is 4.02. The fraction of sp³-hybridized carbons (Fsp3) is 0.471. The minimum absolute atomic E-state index is 0.0709. The lowest BCUT2D eigenvalue weighted by molar-refractivity contribution is 0.251. The minimum atomic E-state index is -3.35. The highest BCUT2D eigenvalue weighted by molar-refractivity contribution is 7.88. The number of benzene rings is 1. The molecule has 0 amide bonds. The van der Waals surface area contributed by atoms with E-state index in [9.17, 15) is 12.8 Å². The third-order valence-electron chi connectivity index (χ3n) is 4.61. The van der Waals surface area contributed by atoms with Gasteiger partial charge in [-0.1, -0.05) is 12.1 Å². The normalized spacial score (nSPS) is 17.2. The Morgan fingerprint density at radius 1 is 1.21 bits per heavy atom. The number of nitrogens with zero attached hydrogens (tertiary/aromatic N) is 3. The van der Waals surface area contributed by atoms with Crippen LogP contribution >= 0.6 is 0 Å². The smallest absolute Gasteiger partial charge is 0.218 e. The van der Waals surface area contributed by atoms with Crippen LogP contribution in [0.25, 0.3) is 0 Å². The molecule has 0 aliphatic carbocycles. The van der Waals surface area contributed by atoms with Crippen molar-refractivity contribution < 1.29 is 12.8 Å². The predicted octanol–water partition coefficient (Wildman–Crippen LogP) is 2.57. The molecule has 0 bridgehead atoms. The summed E-state index contributed by atoms with van der Waals surface area (Å²) in [7, 11) is -3.35. The standard InChI is InChI=1S/C17H22FN3O2S/c1-14-19-8-11-20(14)12-15-6-9-21(10-7-15)24(22,23)13-16-2-4-17(18)5-3-16/h2-5,8,11,15H,6-7,9-10,12-13H2,1H3. The van der Waals surface area contributed by atoms with Gasteiger partial charge in [-0.05, 0) is 43.4 Å². The van der Waals surface area contributed by atoms with Crippen LogP contribution in [0.1, 0.15) is 24.2 Å². The van der Waals surface area contributed by atoms with Crippen molar-refractivity contribution in [2.45, 2.75) is 32.1 Å². The Bertz CT molecular complexity index is 778. The zero-order chi connectivity index (χ0) is 17.2. The number of halogens is 1. The molecule has 2 aromatic rings. The molecule has 1 saturated heterocycles. The Balaban J connectivity index is 1.57. The molecule has 0 spiro atoms. The van der Waals surface area contributed by atoms with Gasteiger partial charge in [-0.25, -0.2) is 22.1 Å². The van der Waals surface area contributed by atoms with Crippen LogP contribution < -0.4 is 0 Å². The van der Waals surface area contributed by atoms with Gasteiger partial charge in [0.25, 0.3) is 0 Å². The zero-order valence-corrected chi connectivity index (χ0v) is 14.5. The van der Waals surface area contributed by atoms with Gasteiger partial charge < -0.3 is 4.57 Å². The molecule has 1 aromatic carbocycles. The van der Waals surface area contributed by atoms with E-state index in [1.54, 1.807) is 10.5 Å². The van der Waals surface area contributed by atoms with Gasteiger partial charge in [0.1, 0.15) is 11.6 Å². The molecule has 0 unspecified atom stereocenters. The Labute approximate surface area is 142 Å². The van der Waals surface area contributed by atoms with E-state index in [4.69, 9.17) is 0 Å². The molecule has 7 heteroatoms. The van der Waals surface area contributed by atoms with E-state index in [0.717, 1.165) is 25.2 Å². The van der Waals surface area contributed by atoms with E-state index in [0.29, 0.717) is 24.6 Å².